The van der Waals surface area contributed by atoms with Crippen molar-refractivity contribution in [3.05, 3.63) is 91.8 Å². The van der Waals surface area contributed by atoms with Gasteiger partial charge in [-0.25, -0.2) is 4.39 Å². The summed E-state index contributed by atoms with van der Waals surface area (Å²) in [5, 5.41) is 2.63. The first-order valence-electron chi connectivity index (χ1n) is 10.6. The summed E-state index contributed by atoms with van der Waals surface area (Å²) in [4.78, 5) is 30.9. The third kappa shape index (κ3) is 7.81. The van der Waals surface area contributed by atoms with Gasteiger partial charge in [-0.2, -0.15) is 0 Å². The van der Waals surface area contributed by atoms with Crippen molar-refractivity contribution in [1.82, 2.24) is 9.80 Å². The first-order chi connectivity index (χ1) is 16.4. The Balaban J connectivity index is 1.81. The lowest BCUT2D eigenvalue weighted by molar-refractivity contribution is -0.133. The summed E-state index contributed by atoms with van der Waals surface area (Å²) in [6.07, 6.45) is 0.562. The Bertz CT molecular complexity index is 1070. The smallest absolute Gasteiger partial charge is 0.254 e. The van der Waals surface area contributed by atoms with Gasteiger partial charge in [0.15, 0.2) is 0 Å². The van der Waals surface area contributed by atoms with Crippen LogP contribution >= 0.6 is 34.5 Å². The fraction of sp³-hybridized carbons (Fsp3) is 0.280. The van der Waals surface area contributed by atoms with Gasteiger partial charge in [-0.05, 0) is 53.8 Å². The molecule has 34 heavy (non-hydrogen) atoms. The Hall–Kier alpha value is -2.45. The SMILES string of the molecule is COCCCN(CC(=O)N(Cc1ccc(F)cc1)Cc1cccs1)C(=O)c1cc(Cl)cc(Cl)c1. The maximum absolute atomic E-state index is 13.4. The first kappa shape index (κ1) is 26.2. The van der Waals surface area contributed by atoms with E-state index < -0.39 is 0 Å². The maximum atomic E-state index is 13.4. The van der Waals surface area contributed by atoms with Gasteiger partial charge >= 0.3 is 0 Å². The predicted molar refractivity (Wildman–Crippen MR) is 134 cm³/mol. The molecule has 0 saturated heterocycles. The van der Waals surface area contributed by atoms with Crippen LogP contribution in [0.15, 0.2) is 60.0 Å². The molecule has 2 amide bonds. The van der Waals surface area contributed by atoms with Crippen molar-refractivity contribution in [2.75, 3.05) is 26.8 Å². The van der Waals surface area contributed by atoms with Crippen LogP contribution in [0.2, 0.25) is 10.0 Å². The van der Waals surface area contributed by atoms with Crippen molar-refractivity contribution in [2.24, 2.45) is 0 Å². The van der Waals surface area contributed by atoms with Crippen LogP contribution in [-0.2, 0) is 22.6 Å². The largest absolute Gasteiger partial charge is 0.385 e. The van der Waals surface area contributed by atoms with E-state index in [0.717, 1.165) is 10.4 Å². The molecule has 180 valence electrons. The second-order valence-corrected chi connectivity index (χ2v) is 9.59. The zero-order valence-corrected chi connectivity index (χ0v) is 21.0. The van der Waals surface area contributed by atoms with E-state index in [1.54, 1.807) is 41.5 Å². The van der Waals surface area contributed by atoms with E-state index in [1.165, 1.54) is 29.2 Å². The highest BCUT2D eigenvalue weighted by molar-refractivity contribution is 7.09. The van der Waals surface area contributed by atoms with E-state index in [4.69, 9.17) is 27.9 Å². The number of hydrogen-bond acceptors (Lipinski definition) is 4. The Morgan fingerprint density at radius 1 is 1.00 bits per heavy atom. The highest BCUT2D eigenvalue weighted by atomic mass is 35.5. The summed E-state index contributed by atoms with van der Waals surface area (Å²) in [5.74, 6) is -0.904. The summed E-state index contributed by atoms with van der Waals surface area (Å²) < 4.78 is 18.5. The van der Waals surface area contributed by atoms with Gasteiger partial charge in [0.05, 0.1) is 6.54 Å². The normalized spacial score (nSPS) is 10.8. The van der Waals surface area contributed by atoms with Crippen molar-refractivity contribution < 1.29 is 18.7 Å². The number of benzene rings is 2. The molecule has 0 radical (unpaired) electrons. The molecule has 3 aromatic rings. The average molecular weight is 523 g/mol. The Morgan fingerprint density at radius 2 is 1.71 bits per heavy atom. The molecule has 0 aliphatic rings. The zero-order chi connectivity index (χ0) is 24.5. The average Bonchev–Trinajstić information content (AvgIpc) is 3.31. The third-order valence-electron chi connectivity index (χ3n) is 5.07. The van der Waals surface area contributed by atoms with Crippen LogP contribution in [0.4, 0.5) is 4.39 Å². The van der Waals surface area contributed by atoms with E-state index >= 15 is 0 Å². The van der Waals surface area contributed by atoms with E-state index in [-0.39, 0.29) is 24.2 Å². The maximum Gasteiger partial charge on any atom is 0.254 e. The minimum atomic E-state index is -0.341. The summed E-state index contributed by atoms with van der Waals surface area (Å²) in [7, 11) is 1.58. The minimum absolute atomic E-state index is 0.126. The first-order valence-corrected chi connectivity index (χ1v) is 12.3. The molecule has 0 spiro atoms. The molecule has 3 rings (SSSR count). The molecule has 1 aromatic heterocycles. The molecular formula is C25H25Cl2FN2O3S. The number of carbonyl (C=O) groups is 2. The molecule has 2 aromatic carbocycles. The quantitative estimate of drug-likeness (QED) is 0.294. The number of thiophene rings is 1. The topological polar surface area (TPSA) is 49.9 Å². The number of amides is 2. The number of hydrogen-bond donors (Lipinski definition) is 0. The van der Waals surface area contributed by atoms with Gasteiger partial charge < -0.3 is 14.5 Å². The second-order valence-electron chi connectivity index (χ2n) is 7.69. The molecule has 1 heterocycles. The van der Waals surface area contributed by atoms with Crippen LogP contribution in [0.1, 0.15) is 27.2 Å². The summed E-state index contributed by atoms with van der Waals surface area (Å²) >= 11 is 13.7. The van der Waals surface area contributed by atoms with Crippen LogP contribution < -0.4 is 0 Å². The number of ether oxygens (including phenoxy) is 1. The monoisotopic (exact) mass is 522 g/mol. The fourth-order valence-corrected chi connectivity index (χ4v) is 4.65. The Morgan fingerprint density at radius 3 is 2.32 bits per heavy atom. The highest BCUT2D eigenvalue weighted by Crippen LogP contribution is 2.21. The standard InChI is InChI=1S/C25H25Cl2FN2O3S/c1-33-10-3-9-29(25(32)19-12-20(26)14-21(27)13-19)17-24(31)30(16-23-4-2-11-34-23)15-18-5-7-22(28)8-6-18/h2,4-8,11-14H,3,9-10,15-17H2,1H3. The van der Waals surface area contributed by atoms with Gasteiger partial charge in [-0.1, -0.05) is 41.4 Å². The molecule has 0 aliphatic carbocycles. The molecular weight excluding hydrogens is 498 g/mol. The van der Waals surface area contributed by atoms with Crippen LogP contribution in [0.25, 0.3) is 0 Å². The number of carbonyl (C=O) groups excluding carboxylic acids is 2. The minimum Gasteiger partial charge on any atom is -0.385 e. The lowest BCUT2D eigenvalue weighted by Gasteiger charge is -2.28. The lowest BCUT2D eigenvalue weighted by atomic mass is 10.1. The molecule has 5 nitrogen and oxygen atoms in total. The molecule has 0 saturated carbocycles. The van der Waals surface area contributed by atoms with Crippen molar-refractivity contribution in [3.8, 4) is 0 Å². The zero-order valence-electron chi connectivity index (χ0n) is 18.7. The fourth-order valence-electron chi connectivity index (χ4n) is 3.41. The number of rotatable bonds is 11. The van der Waals surface area contributed by atoms with Gasteiger partial charge in [0.25, 0.3) is 5.91 Å². The van der Waals surface area contributed by atoms with Crippen LogP contribution in [0.5, 0.6) is 0 Å². The predicted octanol–water partition coefficient (Wildman–Crippen LogP) is 5.90. The summed E-state index contributed by atoms with van der Waals surface area (Å²) in [6, 6.07) is 14.5. The van der Waals surface area contributed by atoms with Crippen LogP contribution in [-0.4, -0.2) is 48.4 Å². The van der Waals surface area contributed by atoms with Crippen LogP contribution in [0.3, 0.4) is 0 Å². The number of halogens is 3. The van der Waals surface area contributed by atoms with Crippen molar-refractivity contribution in [1.29, 1.82) is 0 Å². The Kier molecular flexibility index (Phi) is 9.89. The highest BCUT2D eigenvalue weighted by Gasteiger charge is 2.23. The van der Waals surface area contributed by atoms with E-state index in [2.05, 4.69) is 0 Å². The molecule has 0 fully saturated rings. The van der Waals surface area contributed by atoms with Gasteiger partial charge in [-0.15, -0.1) is 11.3 Å². The van der Waals surface area contributed by atoms with Crippen molar-refractivity contribution in [3.63, 3.8) is 0 Å². The molecule has 0 atom stereocenters. The molecule has 0 unspecified atom stereocenters. The molecule has 0 bridgehead atoms. The van der Waals surface area contributed by atoms with Crippen molar-refractivity contribution in [2.45, 2.75) is 19.5 Å². The summed E-state index contributed by atoms with van der Waals surface area (Å²) in [6.45, 7) is 1.32. The van der Waals surface area contributed by atoms with E-state index in [1.807, 2.05) is 17.5 Å². The molecule has 0 N–H and O–H groups in total. The number of nitrogens with zero attached hydrogens (tertiary/aromatic N) is 2. The van der Waals surface area contributed by atoms with E-state index in [9.17, 15) is 14.0 Å². The van der Waals surface area contributed by atoms with E-state index in [0.29, 0.717) is 48.3 Å². The lowest BCUT2D eigenvalue weighted by Crippen LogP contribution is -2.43. The van der Waals surface area contributed by atoms with Crippen LogP contribution in [0, 0.1) is 5.82 Å². The van der Waals surface area contributed by atoms with Gasteiger partial charge in [-0.3, -0.25) is 9.59 Å². The van der Waals surface area contributed by atoms with Gasteiger partial charge in [0.1, 0.15) is 12.4 Å². The Labute approximate surface area is 212 Å². The third-order valence-corrected chi connectivity index (χ3v) is 6.36. The summed E-state index contributed by atoms with van der Waals surface area (Å²) in [5.41, 5.74) is 1.11. The number of methoxy groups -OCH3 is 1. The second kappa shape index (κ2) is 12.9. The molecule has 9 heteroatoms. The van der Waals surface area contributed by atoms with Gasteiger partial charge in [0, 0.05) is 47.3 Å². The molecule has 0 aliphatic heterocycles. The van der Waals surface area contributed by atoms with Crippen molar-refractivity contribution >= 4 is 46.4 Å². The van der Waals surface area contributed by atoms with Gasteiger partial charge in [0.2, 0.25) is 5.91 Å².